The Morgan fingerprint density at radius 2 is 1.76 bits per heavy atom. The van der Waals surface area contributed by atoms with Crippen LogP contribution in [0.2, 0.25) is 0 Å². The standard InChI is InChI=1S/C19H21N3O2S/c1-14-8-10-16(11-9-14)22-15(2)20-21-19(22)25-13-17(23)12-24-18-6-4-3-5-7-18/h3-11,17,23H,12-13H2,1-2H3/t17-/m1/s1. The Balaban J connectivity index is 1.61. The molecule has 0 bridgehead atoms. The number of ether oxygens (including phenoxy) is 1. The van der Waals surface area contributed by atoms with Gasteiger partial charge in [0, 0.05) is 11.4 Å². The molecule has 0 aliphatic rings. The predicted molar refractivity (Wildman–Crippen MR) is 99.5 cm³/mol. The molecule has 1 heterocycles. The van der Waals surface area contributed by atoms with Gasteiger partial charge in [-0.15, -0.1) is 10.2 Å². The van der Waals surface area contributed by atoms with E-state index in [4.69, 9.17) is 4.74 Å². The fourth-order valence-corrected chi connectivity index (χ4v) is 3.26. The molecule has 0 amide bonds. The Bertz CT molecular complexity index is 803. The Kier molecular flexibility index (Phi) is 5.73. The van der Waals surface area contributed by atoms with Gasteiger partial charge in [-0.3, -0.25) is 4.57 Å². The lowest BCUT2D eigenvalue weighted by molar-refractivity contribution is 0.126. The summed E-state index contributed by atoms with van der Waals surface area (Å²) in [7, 11) is 0. The highest BCUT2D eigenvalue weighted by Crippen LogP contribution is 2.23. The van der Waals surface area contributed by atoms with Crippen LogP contribution in [0.3, 0.4) is 0 Å². The number of thioether (sulfide) groups is 1. The zero-order valence-electron chi connectivity index (χ0n) is 14.3. The van der Waals surface area contributed by atoms with E-state index in [2.05, 4.69) is 29.3 Å². The van der Waals surface area contributed by atoms with Crippen molar-refractivity contribution in [3.05, 3.63) is 66.0 Å². The molecule has 0 spiro atoms. The summed E-state index contributed by atoms with van der Waals surface area (Å²) >= 11 is 1.47. The minimum absolute atomic E-state index is 0.245. The van der Waals surface area contributed by atoms with Crippen LogP contribution < -0.4 is 4.74 Å². The molecule has 0 saturated heterocycles. The largest absolute Gasteiger partial charge is 0.491 e. The molecule has 0 radical (unpaired) electrons. The normalized spacial score (nSPS) is 12.1. The summed E-state index contributed by atoms with van der Waals surface area (Å²) < 4.78 is 7.58. The number of aliphatic hydroxyl groups is 1. The summed E-state index contributed by atoms with van der Waals surface area (Å²) in [5.41, 5.74) is 2.22. The van der Waals surface area contributed by atoms with Crippen molar-refractivity contribution in [3.63, 3.8) is 0 Å². The van der Waals surface area contributed by atoms with Gasteiger partial charge >= 0.3 is 0 Å². The van der Waals surface area contributed by atoms with Gasteiger partial charge in [-0.05, 0) is 38.1 Å². The summed E-state index contributed by atoms with van der Waals surface area (Å²) in [6.07, 6.45) is -0.589. The lowest BCUT2D eigenvalue weighted by Gasteiger charge is -2.13. The summed E-state index contributed by atoms with van der Waals surface area (Å²) in [5.74, 6) is 2.06. The van der Waals surface area contributed by atoms with E-state index < -0.39 is 6.10 Å². The van der Waals surface area contributed by atoms with E-state index in [1.54, 1.807) is 0 Å². The molecule has 1 N–H and O–H groups in total. The molecule has 1 aromatic heterocycles. The summed E-state index contributed by atoms with van der Waals surface area (Å²) in [6.45, 7) is 4.22. The summed E-state index contributed by atoms with van der Waals surface area (Å²) in [5, 5.41) is 19.3. The number of para-hydroxylation sites is 1. The van der Waals surface area contributed by atoms with Crippen molar-refractivity contribution >= 4 is 11.8 Å². The van der Waals surface area contributed by atoms with Gasteiger partial charge in [0.15, 0.2) is 5.16 Å². The Hall–Kier alpha value is -2.31. The van der Waals surface area contributed by atoms with Crippen LogP contribution >= 0.6 is 11.8 Å². The Morgan fingerprint density at radius 3 is 2.48 bits per heavy atom. The van der Waals surface area contributed by atoms with Crippen molar-refractivity contribution in [2.75, 3.05) is 12.4 Å². The third-order valence-electron chi connectivity index (χ3n) is 3.68. The first-order valence-corrected chi connectivity index (χ1v) is 9.10. The SMILES string of the molecule is Cc1ccc(-n2c(C)nnc2SC[C@H](O)COc2ccccc2)cc1. The van der Waals surface area contributed by atoms with E-state index in [1.807, 2.05) is 54.0 Å². The molecule has 2 aromatic carbocycles. The predicted octanol–water partition coefficient (Wildman–Crippen LogP) is 3.42. The Labute approximate surface area is 151 Å². The quantitative estimate of drug-likeness (QED) is 0.658. The molecule has 25 heavy (non-hydrogen) atoms. The van der Waals surface area contributed by atoms with Crippen LogP contribution in [0.25, 0.3) is 5.69 Å². The van der Waals surface area contributed by atoms with Crippen LogP contribution in [0.1, 0.15) is 11.4 Å². The fourth-order valence-electron chi connectivity index (χ4n) is 2.36. The number of benzene rings is 2. The Morgan fingerprint density at radius 1 is 1.04 bits per heavy atom. The highest BCUT2D eigenvalue weighted by atomic mass is 32.2. The topological polar surface area (TPSA) is 60.2 Å². The number of rotatable bonds is 7. The van der Waals surface area contributed by atoms with Crippen molar-refractivity contribution in [1.82, 2.24) is 14.8 Å². The molecule has 6 heteroatoms. The van der Waals surface area contributed by atoms with Crippen molar-refractivity contribution in [2.45, 2.75) is 25.1 Å². The summed E-state index contributed by atoms with van der Waals surface area (Å²) in [4.78, 5) is 0. The van der Waals surface area contributed by atoms with E-state index in [9.17, 15) is 5.11 Å². The average Bonchev–Trinajstić information content (AvgIpc) is 3.00. The number of aromatic nitrogens is 3. The number of aliphatic hydroxyl groups excluding tert-OH is 1. The van der Waals surface area contributed by atoms with Gasteiger partial charge in [-0.2, -0.15) is 0 Å². The van der Waals surface area contributed by atoms with Crippen LogP contribution in [-0.4, -0.2) is 38.3 Å². The van der Waals surface area contributed by atoms with Crippen molar-refractivity contribution < 1.29 is 9.84 Å². The van der Waals surface area contributed by atoms with Gasteiger partial charge in [0.1, 0.15) is 18.2 Å². The van der Waals surface area contributed by atoms with Gasteiger partial charge < -0.3 is 9.84 Å². The number of nitrogens with zero attached hydrogens (tertiary/aromatic N) is 3. The first kappa shape index (κ1) is 17.5. The molecule has 5 nitrogen and oxygen atoms in total. The van der Waals surface area contributed by atoms with Gasteiger partial charge in [0.2, 0.25) is 0 Å². The maximum Gasteiger partial charge on any atom is 0.195 e. The molecule has 130 valence electrons. The number of hydrogen-bond donors (Lipinski definition) is 1. The van der Waals surface area contributed by atoms with Gasteiger partial charge in [-0.25, -0.2) is 0 Å². The van der Waals surface area contributed by atoms with Crippen molar-refractivity contribution in [2.24, 2.45) is 0 Å². The molecular weight excluding hydrogens is 334 g/mol. The third-order valence-corrected chi connectivity index (χ3v) is 4.75. The molecule has 3 rings (SSSR count). The first-order chi connectivity index (χ1) is 12.1. The third kappa shape index (κ3) is 4.61. The van der Waals surface area contributed by atoms with Crippen LogP contribution in [0, 0.1) is 13.8 Å². The van der Waals surface area contributed by atoms with Crippen LogP contribution in [0.5, 0.6) is 5.75 Å². The van der Waals surface area contributed by atoms with Gasteiger partial charge in [0.05, 0.1) is 6.10 Å². The van der Waals surface area contributed by atoms with E-state index >= 15 is 0 Å². The lowest BCUT2D eigenvalue weighted by Crippen LogP contribution is -2.20. The van der Waals surface area contributed by atoms with Crippen LogP contribution in [0.15, 0.2) is 59.8 Å². The van der Waals surface area contributed by atoms with Gasteiger partial charge in [0.25, 0.3) is 0 Å². The molecule has 0 aliphatic carbocycles. The van der Waals surface area contributed by atoms with Crippen molar-refractivity contribution in [3.8, 4) is 11.4 Å². The molecule has 0 unspecified atom stereocenters. The second-order valence-corrected chi connectivity index (χ2v) is 6.78. The maximum atomic E-state index is 10.2. The maximum absolute atomic E-state index is 10.2. The minimum atomic E-state index is -0.589. The highest BCUT2D eigenvalue weighted by molar-refractivity contribution is 7.99. The number of aryl methyl sites for hydroxylation is 2. The van der Waals surface area contributed by atoms with Crippen molar-refractivity contribution in [1.29, 1.82) is 0 Å². The number of hydrogen-bond acceptors (Lipinski definition) is 5. The minimum Gasteiger partial charge on any atom is -0.491 e. The van der Waals surface area contributed by atoms with E-state index in [1.165, 1.54) is 17.3 Å². The second kappa shape index (κ2) is 8.18. The summed E-state index contributed by atoms with van der Waals surface area (Å²) in [6, 6.07) is 17.7. The lowest BCUT2D eigenvalue weighted by atomic mass is 10.2. The monoisotopic (exact) mass is 355 g/mol. The molecule has 3 aromatic rings. The molecule has 0 saturated carbocycles. The average molecular weight is 355 g/mol. The van der Waals surface area contributed by atoms with E-state index in [0.29, 0.717) is 5.75 Å². The first-order valence-electron chi connectivity index (χ1n) is 8.11. The molecule has 0 aliphatic heterocycles. The smallest absolute Gasteiger partial charge is 0.195 e. The van der Waals surface area contributed by atoms with Crippen LogP contribution in [0.4, 0.5) is 0 Å². The molecule has 1 atom stereocenters. The zero-order chi connectivity index (χ0) is 17.6. The van der Waals surface area contributed by atoms with Gasteiger partial charge in [-0.1, -0.05) is 47.7 Å². The highest BCUT2D eigenvalue weighted by Gasteiger charge is 2.14. The molecule has 0 fully saturated rings. The van der Waals surface area contributed by atoms with Crippen LogP contribution in [-0.2, 0) is 0 Å². The van der Waals surface area contributed by atoms with E-state index in [0.717, 1.165) is 22.4 Å². The molecular formula is C19H21N3O2S. The fraction of sp³-hybridized carbons (Fsp3) is 0.263. The van der Waals surface area contributed by atoms with E-state index in [-0.39, 0.29) is 6.61 Å². The second-order valence-electron chi connectivity index (χ2n) is 5.79. The zero-order valence-corrected chi connectivity index (χ0v) is 15.1.